The molecule has 3 aromatic rings. The first-order valence-electron chi connectivity index (χ1n) is 14.6. The molecule has 3 rings (SSSR count). The van der Waals surface area contributed by atoms with Gasteiger partial charge in [0.2, 0.25) is 5.69 Å². The van der Waals surface area contributed by atoms with Crippen molar-refractivity contribution in [3.63, 3.8) is 0 Å². The van der Waals surface area contributed by atoms with E-state index in [4.69, 9.17) is 9.47 Å². The first-order chi connectivity index (χ1) is 19.8. The summed E-state index contributed by atoms with van der Waals surface area (Å²) in [5.41, 5.74) is 0.404. The summed E-state index contributed by atoms with van der Waals surface area (Å²) in [4.78, 5) is 0. The SMILES string of the molecule is COc1cc(CC(F)(F)F)c(-c2cc3c(c[n+]2[O-])c(I)nn3COCCCCCCCCCCCC(C)(C)C)cc1F. The zero-order chi connectivity index (χ0) is 30.9. The van der Waals surface area contributed by atoms with Gasteiger partial charge >= 0.3 is 6.18 Å². The van der Waals surface area contributed by atoms with Crippen LogP contribution in [0, 0.1) is 20.1 Å². The third-order valence-corrected chi connectivity index (χ3v) is 8.01. The Morgan fingerprint density at radius 2 is 1.57 bits per heavy atom. The molecule has 2 heterocycles. The van der Waals surface area contributed by atoms with Gasteiger partial charge in [-0.1, -0.05) is 72.1 Å². The van der Waals surface area contributed by atoms with E-state index < -0.39 is 18.4 Å². The number of unbranched alkanes of at least 4 members (excludes halogenated alkanes) is 8. The molecular weight excluding hydrogens is 665 g/mol. The van der Waals surface area contributed by atoms with Gasteiger partial charge in [0.1, 0.15) is 10.4 Å². The van der Waals surface area contributed by atoms with Gasteiger partial charge < -0.3 is 14.7 Å². The van der Waals surface area contributed by atoms with E-state index >= 15 is 0 Å². The molecule has 0 N–H and O–H groups in total. The van der Waals surface area contributed by atoms with Gasteiger partial charge in [-0.05, 0) is 58.5 Å². The molecule has 0 amide bonds. The zero-order valence-corrected chi connectivity index (χ0v) is 27.1. The summed E-state index contributed by atoms with van der Waals surface area (Å²) >= 11 is 2.00. The molecule has 1 aromatic carbocycles. The fourth-order valence-corrected chi connectivity index (χ4v) is 5.68. The van der Waals surface area contributed by atoms with Crippen molar-refractivity contribution in [1.29, 1.82) is 0 Å². The Morgan fingerprint density at radius 1 is 0.952 bits per heavy atom. The molecule has 11 heteroatoms. The van der Waals surface area contributed by atoms with Gasteiger partial charge in [-0.15, -0.1) is 0 Å². The Morgan fingerprint density at radius 3 is 2.17 bits per heavy atom. The predicted molar refractivity (Wildman–Crippen MR) is 165 cm³/mol. The number of ether oxygens (including phenoxy) is 2. The van der Waals surface area contributed by atoms with E-state index in [1.54, 1.807) is 4.68 Å². The number of halogens is 5. The highest BCUT2D eigenvalue weighted by atomic mass is 127. The van der Waals surface area contributed by atoms with Crippen LogP contribution in [0.3, 0.4) is 0 Å². The monoisotopic (exact) mass is 707 g/mol. The lowest BCUT2D eigenvalue weighted by atomic mass is 9.89. The van der Waals surface area contributed by atoms with Crippen molar-refractivity contribution in [3.8, 4) is 17.0 Å². The van der Waals surface area contributed by atoms with E-state index in [-0.39, 0.29) is 29.3 Å². The molecule has 0 aliphatic heterocycles. The Balaban J connectivity index is 1.56. The molecule has 0 spiro atoms. The van der Waals surface area contributed by atoms with Crippen LogP contribution in [0.25, 0.3) is 22.2 Å². The summed E-state index contributed by atoms with van der Waals surface area (Å²) in [6.07, 6.45) is 7.49. The average molecular weight is 708 g/mol. The number of alkyl halides is 3. The highest BCUT2D eigenvalue weighted by Crippen LogP contribution is 2.34. The number of hydrogen-bond donors (Lipinski definition) is 0. The van der Waals surface area contributed by atoms with Crippen molar-refractivity contribution in [2.75, 3.05) is 13.7 Å². The first kappa shape index (κ1) is 34.3. The van der Waals surface area contributed by atoms with Gasteiger partial charge in [0.25, 0.3) is 0 Å². The van der Waals surface area contributed by atoms with Crippen LogP contribution in [-0.2, 0) is 17.9 Å². The van der Waals surface area contributed by atoms with Crippen molar-refractivity contribution in [1.82, 2.24) is 9.78 Å². The summed E-state index contributed by atoms with van der Waals surface area (Å²) in [5.74, 6) is -1.18. The fourth-order valence-electron chi connectivity index (χ4n) is 5.01. The zero-order valence-electron chi connectivity index (χ0n) is 25.0. The Labute approximate surface area is 259 Å². The summed E-state index contributed by atoms with van der Waals surface area (Å²) in [5, 5.41) is 17.9. The highest BCUT2D eigenvalue weighted by molar-refractivity contribution is 14.1. The van der Waals surface area contributed by atoms with Crippen LogP contribution in [0.2, 0.25) is 0 Å². The number of benzene rings is 1. The maximum atomic E-state index is 14.6. The second-order valence-corrected chi connectivity index (χ2v) is 13.1. The van der Waals surface area contributed by atoms with E-state index in [2.05, 4.69) is 25.9 Å². The fraction of sp³-hybridized carbons (Fsp3) is 0.613. The Hall–Kier alpha value is -2.15. The second kappa shape index (κ2) is 15.5. The van der Waals surface area contributed by atoms with Crippen LogP contribution in [0.4, 0.5) is 17.6 Å². The normalized spacial score (nSPS) is 12.4. The van der Waals surface area contributed by atoms with E-state index in [1.165, 1.54) is 70.7 Å². The number of pyridine rings is 1. The molecule has 42 heavy (non-hydrogen) atoms. The standard InChI is InChI=1S/C31H42F4IN3O3/c1-30(2,3)14-12-10-8-6-5-7-9-11-13-15-42-21-38-26-18-27(39(40)20-24(26)29(36)37-38)23-17-25(32)28(41-4)16-22(23)19-31(33,34)35/h16-18,20H,5-15,19,21H2,1-4H3. The van der Waals surface area contributed by atoms with Gasteiger partial charge in [-0.25, -0.2) is 9.07 Å². The lowest BCUT2D eigenvalue weighted by molar-refractivity contribution is -0.592. The van der Waals surface area contributed by atoms with Gasteiger partial charge in [0, 0.05) is 12.7 Å². The number of nitrogens with zero attached hydrogens (tertiary/aromatic N) is 3. The Bertz CT molecular complexity index is 1310. The number of rotatable bonds is 16. The van der Waals surface area contributed by atoms with E-state index in [9.17, 15) is 22.8 Å². The molecule has 0 aliphatic rings. The van der Waals surface area contributed by atoms with Crippen LogP contribution in [-0.4, -0.2) is 29.7 Å². The molecule has 0 radical (unpaired) electrons. The third kappa shape index (κ3) is 10.5. The van der Waals surface area contributed by atoms with Crippen LogP contribution in [0.5, 0.6) is 5.75 Å². The Kier molecular flexibility index (Phi) is 12.7. The van der Waals surface area contributed by atoms with Crippen LogP contribution >= 0.6 is 22.6 Å². The number of hydrogen-bond acceptors (Lipinski definition) is 4. The average Bonchev–Trinajstić information content (AvgIpc) is 3.19. The maximum Gasteiger partial charge on any atom is 0.393 e. The van der Waals surface area contributed by atoms with Crippen molar-refractivity contribution in [3.05, 3.63) is 44.7 Å². The summed E-state index contributed by atoms with van der Waals surface area (Å²) in [6.45, 7) is 7.55. The molecule has 6 nitrogen and oxygen atoms in total. The number of methoxy groups -OCH3 is 1. The molecule has 0 saturated carbocycles. The van der Waals surface area contributed by atoms with Crippen LogP contribution in [0.1, 0.15) is 90.5 Å². The molecule has 0 aliphatic carbocycles. The van der Waals surface area contributed by atoms with Crippen molar-refractivity contribution in [2.24, 2.45) is 5.41 Å². The summed E-state index contributed by atoms with van der Waals surface area (Å²) in [6, 6.07) is 3.33. The van der Waals surface area contributed by atoms with E-state index in [0.717, 1.165) is 25.0 Å². The lowest BCUT2D eigenvalue weighted by Gasteiger charge is -2.17. The third-order valence-electron chi connectivity index (χ3n) is 7.22. The van der Waals surface area contributed by atoms with Gasteiger partial charge in [0.15, 0.2) is 17.8 Å². The quantitative estimate of drug-likeness (QED) is 0.0490. The smallest absolute Gasteiger partial charge is 0.393 e. The minimum Gasteiger partial charge on any atom is -0.618 e. The minimum atomic E-state index is -4.56. The molecule has 234 valence electrons. The molecule has 0 bridgehead atoms. The molecule has 0 atom stereocenters. The number of fused-ring (bicyclic) bond motifs is 1. The second-order valence-electron chi connectivity index (χ2n) is 12.0. The lowest BCUT2D eigenvalue weighted by Crippen LogP contribution is -2.29. The van der Waals surface area contributed by atoms with Crippen molar-refractivity contribution >= 4 is 33.5 Å². The first-order valence-corrected chi connectivity index (χ1v) is 15.7. The summed E-state index contributed by atoms with van der Waals surface area (Å²) in [7, 11) is 1.17. The molecule has 0 fully saturated rings. The van der Waals surface area contributed by atoms with E-state index in [1.807, 2.05) is 22.6 Å². The highest BCUT2D eigenvalue weighted by Gasteiger charge is 2.32. The van der Waals surface area contributed by atoms with Crippen LogP contribution in [0.15, 0.2) is 24.4 Å². The van der Waals surface area contributed by atoms with Crippen molar-refractivity contribution in [2.45, 2.75) is 104 Å². The summed E-state index contributed by atoms with van der Waals surface area (Å²) < 4.78 is 67.8. The molecular formula is C31H42F4IN3O3. The largest absolute Gasteiger partial charge is 0.618 e. The predicted octanol–water partition coefficient (Wildman–Crippen LogP) is 9.12. The van der Waals surface area contributed by atoms with Gasteiger partial charge in [-0.2, -0.15) is 23.0 Å². The molecule has 2 aromatic heterocycles. The van der Waals surface area contributed by atoms with Crippen LogP contribution < -0.4 is 9.47 Å². The van der Waals surface area contributed by atoms with Gasteiger partial charge in [-0.3, -0.25) is 0 Å². The maximum absolute atomic E-state index is 14.6. The van der Waals surface area contributed by atoms with Crippen molar-refractivity contribution < 1.29 is 31.8 Å². The van der Waals surface area contributed by atoms with E-state index in [0.29, 0.717) is 31.4 Å². The van der Waals surface area contributed by atoms with Gasteiger partial charge in [0.05, 0.1) is 30.0 Å². The molecule has 0 unspecified atom stereocenters. The minimum absolute atomic E-state index is 0.116. The molecule has 0 saturated heterocycles. The number of aromatic nitrogens is 3. The topological polar surface area (TPSA) is 63.2 Å².